The highest BCUT2D eigenvalue weighted by molar-refractivity contribution is 5.73. The Morgan fingerprint density at radius 3 is 2.20 bits per heavy atom. The monoisotopic (exact) mass is 217 g/mol. The Bertz CT molecular complexity index is 244. The van der Waals surface area contributed by atoms with Gasteiger partial charge >= 0.3 is 12.1 Å². The van der Waals surface area contributed by atoms with E-state index in [0.29, 0.717) is 0 Å². The Kier molecular flexibility index (Phi) is 4.58. The highest BCUT2D eigenvalue weighted by Crippen LogP contribution is 2.11. The number of amides is 1. The Morgan fingerprint density at radius 2 is 1.87 bits per heavy atom. The number of nitrogens with zero attached hydrogens (tertiary/aromatic N) is 1. The summed E-state index contributed by atoms with van der Waals surface area (Å²) in [5, 5.41) is 8.62. The first kappa shape index (κ1) is 13.7. The van der Waals surface area contributed by atoms with Crippen LogP contribution in [0.3, 0.4) is 0 Å². The van der Waals surface area contributed by atoms with E-state index in [1.54, 1.807) is 27.7 Å². The van der Waals surface area contributed by atoms with Gasteiger partial charge in [-0.05, 0) is 20.8 Å². The number of carbonyl (C=O) groups excluding carboxylic acids is 1. The molecule has 0 aromatic carbocycles. The van der Waals surface area contributed by atoms with Crippen molar-refractivity contribution in [2.45, 2.75) is 33.3 Å². The minimum absolute atomic E-state index is 0.143. The van der Waals surface area contributed by atoms with Crippen molar-refractivity contribution in [3.05, 3.63) is 0 Å². The third-order valence-electron chi connectivity index (χ3n) is 1.68. The second-order valence-electron chi connectivity index (χ2n) is 4.60. The largest absolute Gasteiger partial charge is 0.465 e. The average Bonchev–Trinajstić information content (AvgIpc) is 2.00. The molecular weight excluding hydrogens is 198 g/mol. The predicted octanol–water partition coefficient (Wildman–Crippen LogP) is 1.57. The van der Waals surface area contributed by atoms with Crippen molar-refractivity contribution in [3.63, 3.8) is 0 Å². The first-order valence-electron chi connectivity index (χ1n) is 4.80. The lowest BCUT2D eigenvalue weighted by Crippen LogP contribution is -2.36. The SMILES string of the molecule is CC(CN(C)C(=O)O)C(=O)OC(C)(C)C. The third kappa shape index (κ3) is 5.93. The van der Waals surface area contributed by atoms with Gasteiger partial charge in [-0.1, -0.05) is 6.92 Å². The maximum absolute atomic E-state index is 11.5. The van der Waals surface area contributed by atoms with Crippen LogP contribution in [0.15, 0.2) is 0 Å². The van der Waals surface area contributed by atoms with Crippen molar-refractivity contribution in [3.8, 4) is 0 Å². The van der Waals surface area contributed by atoms with Crippen LogP contribution in [0.5, 0.6) is 0 Å². The fourth-order valence-corrected chi connectivity index (χ4v) is 0.966. The Morgan fingerprint density at radius 1 is 1.40 bits per heavy atom. The smallest absolute Gasteiger partial charge is 0.407 e. The standard InChI is InChI=1S/C10H19NO4/c1-7(6-11(5)9(13)14)8(12)15-10(2,3)4/h7H,6H2,1-5H3,(H,13,14). The Labute approximate surface area is 90.0 Å². The highest BCUT2D eigenvalue weighted by atomic mass is 16.6. The number of carbonyl (C=O) groups is 2. The van der Waals surface area contributed by atoms with Crippen LogP contribution in [0.2, 0.25) is 0 Å². The molecule has 5 nitrogen and oxygen atoms in total. The molecule has 0 bridgehead atoms. The van der Waals surface area contributed by atoms with Gasteiger partial charge in [0.05, 0.1) is 5.92 Å². The summed E-state index contributed by atoms with van der Waals surface area (Å²) in [6, 6.07) is 0. The summed E-state index contributed by atoms with van der Waals surface area (Å²) in [6.45, 7) is 7.12. The normalized spacial score (nSPS) is 13.1. The zero-order valence-corrected chi connectivity index (χ0v) is 9.90. The fraction of sp³-hybridized carbons (Fsp3) is 0.800. The van der Waals surface area contributed by atoms with Crippen molar-refractivity contribution in [2.75, 3.05) is 13.6 Å². The number of hydrogen-bond acceptors (Lipinski definition) is 3. The zero-order chi connectivity index (χ0) is 12.2. The van der Waals surface area contributed by atoms with Gasteiger partial charge in [-0.2, -0.15) is 0 Å². The minimum Gasteiger partial charge on any atom is -0.465 e. The van der Waals surface area contributed by atoms with Crippen LogP contribution in [-0.4, -0.2) is 41.3 Å². The number of carboxylic acid groups (broad SMARTS) is 1. The third-order valence-corrected chi connectivity index (χ3v) is 1.68. The maximum Gasteiger partial charge on any atom is 0.407 e. The minimum atomic E-state index is -1.05. The van der Waals surface area contributed by atoms with Gasteiger partial charge in [0.2, 0.25) is 0 Å². The van der Waals surface area contributed by atoms with Gasteiger partial charge < -0.3 is 14.7 Å². The van der Waals surface area contributed by atoms with Crippen molar-refractivity contribution < 1.29 is 19.4 Å². The van der Waals surface area contributed by atoms with Crippen LogP contribution in [0.25, 0.3) is 0 Å². The molecule has 0 aromatic rings. The lowest BCUT2D eigenvalue weighted by Gasteiger charge is -2.24. The van der Waals surface area contributed by atoms with E-state index in [9.17, 15) is 9.59 Å². The summed E-state index contributed by atoms with van der Waals surface area (Å²) in [7, 11) is 1.42. The van der Waals surface area contributed by atoms with Crippen LogP contribution < -0.4 is 0 Å². The lowest BCUT2D eigenvalue weighted by atomic mass is 10.1. The first-order valence-corrected chi connectivity index (χ1v) is 4.80. The predicted molar refractivity (Wildman–Crippen MR) is 55.7 cm³/mol. The molecule has 0 saturated carbocycles. The molecule has 0 rings (SSSR count). The molecular formula is C10H19NO4. The molecule has 88 valence electrons. The molecule has 0 spiro atoms. The van der Waals surface area contributed by atoms with Crippen LogP contribution >= 0.6 is 0 Å². The molecule has 0 aliphatic heterocycles. The van der Waals surface area contributed by atoms with Gasteiger partial charge in [0, 0.05) is 13.6 Å². The quantitative estimate of drug-likeness (QED) is 0.729. The van der Waals surface area contributed by atoms with E-state index < -0.39 is 17.6 Å². The van der Waals surface area contributed by atoms with E-state index in [4.69, 9.17) is 9.84 Å². The van der Waals surface area contributed by atoms with E-state index in [1.807, 2.05) is 0 Å². The van der Waals surface area contributed by atoms with E-state index >= 15 is 0 Å². The second kappa shape index (κ2) is 5.00. The van der Waals surface area contributed by atoms with Crippen molar-refractivity contribution in [1.82, 2.24) is 4.90 Å². The van der Waals surface area contributed by atoms with Gasteiger partial charge in [-0.3, -0.25) is 4.79 Å². The van der Waals surface area contributed by atoms with Gasteiger partial charge in [0.15, 0.2) is 0 Å². The van der Waals surface area contributed by atoms with Crippen LogP contribution in [0.4, 0.5) is 4.79 Å². The number of esters is 1. The molecule has 0 radical (unpaired) electrons. The molecule has 0 aliphatic carbocycles. The lowest BCUT2D eigenvalue weighted by molar-refractivity contribution is -0.159. The fourth-order valence-electron chi connectivity index (χ4n) is 0.966. The molecule has 0 fully saturated rings. The average molecular weight is 217 g/mol. The van der Waals surface area contributed by atoms with E-state index in [1.165, 1.54) is 7.05 Å². The van der Waals surface area contributed by atoms with E-state index in [0.717, 1.165) is 4.90 Å². The Hall–Kier alpha value is -1.26. The Balaban J connectivity index is 4.17. The molecule has 0 heterocycles. The van der Waals surface area contributed by atoms with Crippen molar-refractivity contribution in [1.29, 1.82) is 0 Å². The molecule has 1 amide bonds. The van der Waals surface area contributed by atoms with E-state index in [-0.39, 0.29) is 12.5 Å². The van der Waals surface area contributed by atoms with E-state index in [2.05, 4.69) is 0 Å². The summed E-state index contributed by atoms with van der Waals surface area (Å²) in [5.74, 6) is -0.832. The van der Waals surface area contributed by atoms with Gasteiger partial charge in [-0.15, -0.1) is 0 Å². The highest BCUT2D eigenvalue weighted by Gasteiger charge is 2.23. The summed E-state index contributed by atoms with van der Waals surface area (Å²) in [5.41, 5.74) is -0.535. The van der Waals surface area contributed by atoms with Gasteiger partial charge in [0.1, 0.15) is 5.60 Å². The summed E-state index contributed by atoms with van der Waals surface area (Å²) >= 11 is 0. The number of rotatable bonds is 3. The van der Waals surface area contributed by atoms with Crippen LogP contribution in [0, 0.1) is 5.92 Å². The van der Waals surface area contributed by atoms with Crippen molar-refractivity contribution in [2.24, 2.45) is 5.92 Å². The molecule has 1 atom stereocenters. The topological polar surface area (TPSA) is 66.8 Å². The zero-order valence-electron chi connectivity index (χ0n) is 9.90. The van der Waals surface area contributed by atoms with Crippen LogP contribution in [-0.2, 0) is 9.53 Å². The molecule has 1 unspecified atom stereocenters. The number of hydrogen-bond donors (Lipinski definition) is 1. The molecule has 0 saturated heterocycles. The molecule has 5 heteroatoms. The summed E-state index contributed by atoms with van der Waals surface area (Å²) < 4.78 is 5.12. The summed E-state index contributed by atoms with van der Waals surface area (Å²) in [4.78, 5) is 23.1. The van der Waals surface area contributed by atoms with Crippen molar-refractivity contribution >= 4 is 12.1 Å². The molecule has 1 N–H and O–H groups in total. The molecule has 0 aromatic heterocycles. The van der Waals surface area contributed by atoms with Gasteiger partial charge in [-0.25, -0.2) is 4.79 Å². The number of ether oxygens (including phenoxy) is 1. The summed E-state index contributed by atoms with van der Waals surface area (Å²) in [6.07, 6.45) is -1.05. The molecule has 15 heavy (non-hydrogen) atoms. The van der Waals surface area contributed by atoms with Crippen LogP contribution in [0.1, 0.15) is 27.7 Å². The van der Waals surface area contributed by atoms with Gasteiger partial charge in [0.25, 0.3) is 0 Å². The maximum atomic E-state index is 11.5. The first-order chi connectivity index (χ1) is 6.63. The second-order valence-corrected chi connectivity index (χ2v) is 4.60. The molecule has 0 aliphatic rings.